The fraction of sp³-hybridized carbons (Fsp3) is 0.933. The highest BCUT2D eigenvalue weighted by atomic mass is 16.5. The summed E-state index contributed by atoms with van der Waals surface area (Å²) in [6.45, 7) is 7.82. The van der Waals surface area contributed by atoms with Crippen LogP contribution in [0.25, 0.3) is 0 Å². The van der Waals surface area contributed by atoms with Crippen molar-refractivity contribution in [1.29, 1.82) is 0 Å². The summed E-state index contributed by atoms with van der Waals surface area (Å²) in [6, 6.07) is -0.0591. The van der Waals surface area contributed by atoms with Gasteiger partial charge >= 0.3 is 0 Å². The van der Waals surface area contributed by atoms with E-state index < -0.39 is 0 Å². The van der Waals surface area contributed by atoms with Gasteiger partial charge < -0.3 is 15.0 Å². The van der Waals surface area contributed by atoms with Gasteiger partial charge in [-0.15, -0.1) is 0 Å². The smallest absolute Gasteiger partial charge is 0.239 e. The number of nitrogens with one attached hydrogen (secondary N) is 1. The molecule has 19 heavy (non-hydrogen) atoms. The zero-order valence-corrected chi connectivity index (χ0v) is 12.4. The Hall–Kier alpha value is -0.610. The number of piperidine rings is 1. The second kappa shape index (κ2) is 7.25. The van der Waals surface area contributed by atoms with E-state index in [0.717, 1.165) is 51.9 Å². The minimum Gasteiger partial charge on any atom is -0.378 e. The number of hydrogen-bond acceptors (Lipinski definition) is 3. The fourth-order valence-corrected chi connectivity index (χ4v) is 3.18. The molecule has 0 aromatic heterocycles. The summed E-state index contributed by atoms with van der Waals surface area (Å²) in [6.07, 6.45) is 6.16. The van der Waals surface area contributed by atoms with Gasteiger partial charge in [0.1, 0.15) is 0 Å². The van der Waals surface area contributed by atoms with Crippen LogP contribution in [0.3, 0.4) is 0 Å². The Morgan fingerprint density at radius 1 is 1.37 bits per heavy atom. The molecule has 2 rings (SSSR count). The lowest BCUT2D eigenvalue weighted by Gasteiger charge is -2.30. The Kier molecular flexibility index (Phi) is 5.64. The molecule has 2 aliphatic rings. The third-order valence-corrected chi connectivity index (χ3v) is 4.47. The van der Waals surface area contributed by atoms with Crippen molar-refractivity contribution in [1.82, 2.24) is 10.2 Å². The number of nitrogens with zero attached hydrogens (tertiary/aromatic N) is 1. The van der Waals surface area contributed by atoms with Gasteiger partial charge in [0.15, 0.2) is 0 Å². The molecular formula is C15H28N2O2. The molecule has 2 heterocycles. The Labute approximate surface area is 116 Å². The Bertz CT molecular complexity index is 290. The summed E-state index contributed by atoms with van der Waals surface area (Å²) >= 11 is 0. The maximum atomic E-state index is 12.3. The SMILES string of the molecule is CCC1OCCC1CNC(C)C(=O)N1CCCCC1. The van der Waals surface area contributed by atoms with Crippen LogP contribution in [0.2, 0.25) is 0 Å². The molecule has 1 amide bonds. The molecule has 4 nitrogen and oxygen atoms in total. The van der Waals surface area contributed by atoms with E-state index in [-0.39, 0.29) is 11.9 Å². The lowest BCUT2D eigenvalue weighted by Crippen LogP contribution is -2.48. The maximum Gasteiger partial charge on any atom is 0.239 e. The number of hydrogen-bond donors (Lipinski definition) is 1. The van der Waals surface area contributed by atoms with Gasteiger partial charge in [-0.2, -0.15) is 0 Å². The van der Waals surface area contributed by atoms with Gasteiger partial charge in [-0.25, -0.2) is 0 Å². The molecule has 4 heteroatoms. The first-order valence-electron chi connectivity index (χ1n) is 7.86. The topological polar surface area (TPSA) is 41.6 Å². The average molecular weight is 268 g/mol. The van der Waals surface area contributed by atoms with E-state index in [2.05, 4.69) is 12.2 Å². The molecule has 2 aliphatic heterocycles. The van der Waals surface area contributed by atoms with Crippen LogP contribution in [-0.2, 0) is 9.53 Å². The first-order valence-corrected chi connectivity index (χ1v) is 7.86. The lowest BCUT2D eigenvalue weighted by atomic mass is 9.99. The maximum absolute atomic E-state index is 12.3. The van der Waals surface area contributed by atoms with Crippen LogP contribution in [-0.4, -0.2) is 49.2 Å². The van der Waals surface area contributed by atoms with E-state index in [1.54, 1.807) is 0 Å². The number of amides is 1. The van der Waals surface area contributed by atoms with Crippen molar-refractivity contribution in [3.8, 4) is 0 Å². The fourth-order valence-electron chi connectivity index (χ4n) is 3.18. The van der Waals surface area contributed by atoms with Gasteiger partial charge in [0, 0.05) is 26.2 Å². The standard InChI is InChI=1S/C15H28N2O2/c1-3-14-13(7-10-19-14)11-16-12(2)15(18)17-8-5-4-6-9-17/h12-14,16H,3-11H2,1-2H3. The van der Waals surface area contributed by atoms with E-state index in [1.165, 1.54) is 6.42 Å². The van der Waals surface area contributed by atoms with Crippen LogP contribution in [0, 0.1) is 5.92 Å². The van der Waals surface area contributed by atoms with Gasteiger partial charge in [-0.1, -0.05) is 6.92 Å². The normalized spacial score (nSPS) is 29.5. The Balaban J connectivity index is 1.73. The van der Waals surface area contributed by atoms with E-state index in [4.69, 9.17) is 4.74 Å². The van der Waals surface area contributed by atoms with Gasteiger partial charge in [0.25, 0.3) is 0 Å². The molecule has 0 aromatic rings. The molecule has 1 N–H and O–H groups in total. The minimum absolute atomic E-state index is 0.0591. The van der Waals surface area contributed by atoms with Crippen molar-refractivity contribution < 1.29 is 9.53 Å². The first-order chi connectivity index (χ1) is 9.22. The molecule has 0 bridgehead atoms. The number of rotatable bonds is 5. The van der Waals surface area contributed by atoms with Crippen LogP contribution in [0.4, 0.5) is 0 Å². The zero-order chi connectivity index (χ0) is 13.7. The van der Waals surface area contributed by atoms with Gasteiger partial charge in [0.2, 0.25) is 5.91 Å². The monoisotopic (exact) mass is 268 g/mol. The van der Waals surface area contributed by atoms with Crippen molar-refractivity contribution in [2.45, 2.75) is 58.1 Å². The molecule has 0 spiro atoms. The van der Waals surface area contributed by atoms with E-state index in [0.29, 0.717) is 12.0 Å². The zero-order valence-electron chi connectivity index (χ0n) is 12.4. The number of carbonyl (C=O) groups excluding carboxylic acids is 1. The summed E-state index contributed by atoms with van der Waals surface area (Å²) < 4.78 is 5.69. The van der Waals surface area contributed by atoms with E-state index in [9.17, 15) is 4.79 Å². The second-order valence-corrected chi connectivity index (χ2v) is 5.88. The van der Waals surface area contributed by atoms with Crippen LogP contribution in [0.5, 0.6) is 0 Å². The molecule has 0 saturated carbocycles. The molecule has 3 atom stereocenters. The van der Waals surface area contributed by atoms with Gasteiger partial charge in [-0.3, -0.25) is 4.79 Å². The van der Waals surface area contributed by atoms with Crippen LogP contribution in [0.1, 0.15) is 46.0 Å². The summed E-state index contributed by atoms with van der Waals surface area (Å²) in [5.41, 5.74) is 0. The predicted octanol–water partition coefficient (Wildman–Crippen LogP) is 1.79. The van der Waals surface area contributed by atoms with E-state index >= 15 is 0 Å². The Morgan fingerprint density at radius 2 is 2.11 bits per heavy atom. The van der Waals surface area contributed by atoms with Crippen molar-refractivity contribution in [2.75, 3.05) is 26.2 Å². The average Bonchev–Trinajstić information content (AvgIpc) is 2.92. The highest BCUT2D eigenvalue weighted by Crippen LogP contribution is 2.22. The summed E-state index contributed by atoms with van der Waals surface area (Å²) in [5, 5.41) is 3.41. The van der Waals surface area contributed by atoms with E-state index in [1.807, 2.05) is 11.8 Å². The van der Waals surface area contributed by atoms with Crippen molar-refractivity contribution in [3.05, 3.63) is 0 Å². The first kappa shape index (κ1) is 14.8. The van der Waals surface area contributed by atoms with Crippen LogP contribution < -0.4 is 5.32 Å². The van der Waals surface area contributed by atoms with Crippen molar-refractivity contribution in [2.24, 2.45) is 5.92 Å². The Morgan fingerprint density at radius 3 is 2.79 bits per heavy atom. The van der Waals surface area contributed by atoms with Crippen molar-refractivity contribution >= 4 is 5.91 Å². The second-order valence-electron chi connectivity index (χ2n) is 5.88. The third kappa shape index (κ3) is 3.93. The summed E-state index contributed by atoms with van der Waals surface area (Å²) in [7, 11) is 0. The van der Waals surface area contributed by atoms with Gasteiger partial charge in [-0.05, 0) is 44.9 Å². The molecular weight excluding hydrogens is 240 g/mol. The quantitative estimate of drug-likeness (QED) is 0.826. The van der Waals surface area contributed by atoms with Gasteiger partial charge in [0.05, 0.1) is 12.1 Å². The molecule has 2 saturated heterocycles. The molecule has 110 valence electrons. The number of likely N-dealkylation sites (tertiary alicyclic amines) is 1. The molecule has 0 radical (unpaired) electrons. The molecule has 3 unspecified atom stereocenters. The molecule has 0 aromatic carbocycles. The minimum atomic E-state index is -0.0591. The lowest BCUT2D eigenvalue weighted by molar-refractivity contribution is -0.134. The molecule has 2 fully saturated rings. The predicted molar refractivity (Wildman–Crippen MR) is 76.0 cm³/mol. The highest BCUT2D eigenvalue weighted by molar-refractivity contribution is 5.81. The summed E-state index contributed by atoms with van der Waals surface area (Å²) in [5.74, 6) is 0.841. The number of carbonyl (C=O) groups is 1. The van der Waals surface area contributed by atoms with Crippen LogP contribution >= 0.6 is 0 Å². The third-order valence-electron chi connectivity index (χ3n) is 4.47. The highest BCUT2D eigenvalue weighted by Gasteiger charge is 2.28. The molecule has 0 aliphatic carbocycles. The van der Waals surface area contributed by atoms with Crippen LogP contribution in [0.15, 0.2) is 0 Å². The number of ether oxygens (including phenoxy) is 1. The van der Waals surface area contributed by atoms with Crippen molar-refractivity contribution in [3.63, 3.8) is 0 Å². The summed E-state index contributed by atoms with van der Waals surface area (Å²) in [4.78, 5) is 14.3. The largest absolute Gasteiger partial charge is 0.378 e.